The van der Waals surface area contributed by atoms with Crippen molar-refractivity contribution in [3.63, 3.8) is 0 Å². The number of benzene rings is 1. The zero-order valence-electron chi connectivity index (χ0n) is 8.63. The maximum atomic E-state index is 12.1. The second-order valence-corrected chi connectivity index (χ2v) is 6.11. The lowest BCUT2D eigenvalue weighted by Crippen LogP contribution is -2.14. The van der Waals surface area contributed by atoms with E-state index in [1.807, 2.05) is 25.1 Å². The van der Waals surface area contributed by atoms with Crippen LogP contribution in [0.4, 0.5) is 0 Å². The van der Waals surface area contributed by atoms with Crippen molar-refractivity contribution in [2.24, 2.45) is 0 Å². The zero-order valence-corrected chi connectivity index (χ0v) is 11.0. The molecular formula is C12H13BrOS. The molecule has 1 atom stereocenters. The Bertz CT molecular complexity index is 363. The van der Waals surface area contributed by atoms with Crippen LogP contribution in [-0.2, 0) is 0 Å². The number of aryl methyl sites for hydroxylation is 1. The SMILES string of the molecule is Cc1cc(Br)cc(C(=O)C2CCCS2)c1. The van der Waals surface area contributed by atoms with Gasteiger partial charge >= 0.3 is 0 Å². The van der Waals surface area contributed by atoms with Crippen molar-refractivity contribution in [2.75, 3.05) is 5.75 Å². The van der Waals surface area contributed by atoms with Gasteiger partial charge in [-0.15, -0.1) is 0 Å². The highest BCUT2D eigenvalue weighted by Gasteiger charge is 2.24. The Kier molecular flexibility index (Phi) is 3.52. The first kappa shape index (κ1) is 11.2. The Labute approximate surface area is 103 Å². The minimum absolute atomic E-state index is 0.193. The molecule has 3 heteroatoms. The van der Waals surface area contributed by atoms with E-state index in [0.717, 1.165) is 27.8 Å². The molecule has 1 unspecified atom stereocenters. The van der Waals surface area contributed by atoms with Crippen molar-refractivity contribution in [1.82, 2.24) is 0 Å². The molecule has 80 valence electrons. The number of hydrogen-bond donors (Lipinski definition) is 0. The molecule has 0 spiro atoms. The topological polar surface area (TPSA) is 17.1 Å². The second kappa shape index (κ2) is 4.71. The Hall–Kier alpha value is -0.280. The van der Waals surface area contributed by atoms with Crippen molar-refractivity contribution in [3.05, 3.63) is 33.8 Å². The molecular weight excluding hydrogens is 272 g/mol. The number of Topliss-reactive ketones (excluding diaryl/α,β-unsaturated/α-hetero) is 1. The molecule has 0 bridgehead atoms. The van der Waals surface area contributed by atoms with Crippen LogP contribution in [0.5, 0.6) is 0 Å². The maximum absolute atomic E-state index is 12.1. The van der Waals surface area contributed by atoms with Gasteiger partial charge in [-0.1, -0.05) is 15.9 Å². The summed E-state index contributed by atoms with van der Waals surface area (Å²) < 4.78 is 0.994. The first-order valence-electron chi connectivity index (χ1n) is 5.10. The van der Waals surface area contributed by atoms with E-state index in [2.05, 4.69) is 15.9 Å². The highest BCUT2D eigenvalue weighted by Crippen LogP contribution is 2.29. The van der Waals surface area contributed by atoms with E-state index in [1.54, 1.807) is 11.8 Å². The molecule has 1 aliphatic heterocycles. The molecule has 0 aliphatic carbocycles. The number of rotatable bonds is 2. The lowest BCUT2D eigenvalue weighted by atomic mass is 10.0. The van der Waals surface area contributed by atoms with Gasteiger partial charge in [0.25, 0.3) is 0 Å². The standard InChI is InChI=1S/C12H13BrOS/c1-8-5-9(7-10(13)6-8)12(14)11-3-2-4-15-11/h5-7,11H,2-4H2,1H3. The van der Waals surface area contributed by atoms with E-state index < -0.39 is 0 Å². The summed E-state index contributed by atoms with van der Waals surface area (Å²) in [6.07, 6.45) is 2.21. The summed E-state index contributed by atoms with van der Waals surface area (Å²) in [6, 6.07) is 5.93. The number of ketones is 1. The molecule has 0 N–H and O–H groups in total. The van der Waals surface area contributed by atoms with E-state index in [4.69, 9.17) is 0 Å². The molecule has 0 amide bonds. The van der Waals surface area contributed by atoms with Crippen molar-refractivity contribution in [1.29, 1.82) is 0 Å². The summed E-state index contributed by atoms with van der Waals surface area (Å²) in [5.74, 6) is 1.42. The van der Waals surface area contributed by atoms with Crippen LogP contribution in [0.15, 0.2) is 22.7 Å². The monoisotopic (exact) mass is 284 g/mol. The van der Waals surface area contributed by atoms with E-state index in [1.165, 1.54) is 6.42 Å². The fourth-order valence-electron chi connectivity index (χ4n) is 1.85. The summed E-state index contributed by atoms with van der Waals surface area (Å²) in [6.45, 7) is 2.02. The minimum Gasteiger partial charge on any atom is -0.293 e. The average Bonchev–Trinajstić information content (AvgIpc) is 2.67. The summed E-state index contributed by atoms with van der Waals surface area (Å²) in [7, 11) is 0. The van der Waals surface area contributed by atoms with Gasteiger partial charge in [0.2, 0.25) is 0 Å². The molecule has 1 aromatic carbocycles. The third-order valence-corrected chi connectivity index (χ3v) is 4.38. The van der Waals surface area contributed by atoms with E-state index in [0.29, 0.717) is 5.78 Å². The Morgan fingerprint density at radius 2 is 2.27 bits per heavy atom. The van der Waals surface area contributed by atoms with Crippen LogP contribution >= 0.6 is 27.7 Å². The van der Waals surface area contributed by atoms with Gasteiger partial charge < -0.3 is 0 Å². The summed E-state index contributed by atoms with van der Waals surface area (Å²) >= 11 is 5.22. The third kappa shape index (κ3) is 2.64. The summed E-state index contributed by atoms with van der Waals surface area (Å²) in [4.78, 5) is 12.1. The van der Waals surface area contributed by atoms with Crippen LogP contribution < -0.4 is 0 Å². The van der Waals surface area contributed by atoms with Gasteiger partial charge in [-0.3, -0.25) is 4.79 Å². The van der Waals surface area contributed by atoms with Gasteiger partial charge in [0, 0.05) is 10.0 Å². The predicted octanol–water partition coefficient (Wildman–Crippen LogP) is 3.84. The average molecular weight is 285 g/mol. The maximum Gasteiger partial charge on any atom is 0.175 e. The lowest BCUT2D eigenvalue weighted by molar-refractivity contribution is 0.0988. The van der Waals surface area contributed by atoms with E-state index in [-0.39, 0.29) is 5.25 Å². The van der Waals surface area contributed by atoms with E-state index in [9.17, 15) is 4.79 Å². The van der Waals surface area contributed by atoms with Gasteiger partial charge in [-0.2, -0.15) is 11.8 Å². The van der Waals surface area contributed by atoms with Crippen molar-refractivity contribution in [3.8, 4) is 0 Å². The first-order chi connectivity index (χ1) is 7.16. The highest BCUT2D eigenvalue weighted by molar-refractivity contribution is 9.10. The quantitative estimate of drug-likeness (QED) is 0.768. The molecule has 1 nitrogen and oxygen atoms in total. The number of hydrogen-bond acceptors (Lipinski definition) is 2. The van der Waals surface area contributed by atoms with Crippen LogP contribution in [0.2, 0.25) is 0 Å². The van der Waals surface area contributed by atoms with Gasteiger partial charge in [0.15, 0.2) is 5.78 Å². The number of carbonyl (C=O) groups excluding carboxylic acids is 1. The van der Waals surface area contributed by atoms with Crippen molar-refractivity contribution < 1.29 is 4.79 Å². The summed E-state index contributed by atoms with van der Waals surface area (Å²) in [5, 5.41) is 0.193. The zero-order chi connectivity index (χ0) is 10.8. The van der Waals surface area contributed by atoms with Crippen LogP contribution in [-0.4, -0.2) is 16.8 Å². The second-order valence-electron chi connectivity index (χ2n) is 3.88. The minimum atomic E-state index is 0.193. The number of halogens is 1. The lowest BCUT2D eigenvalue weighted by Gasteiger charge is -2.08. The summed E-state index contributed by atoms with van der Waals surface area (Å²) in [5.41, 5.74) is 1.98. The van der Waals surface area contributed by atoms with Crippen LogP contribution in [0.3, 0.4) is 0 Å². The molecule has 1 aromatic rings. The molecule has 1 fully saturated rings. The highest BCUT2D eigenvalue weighted by atomic mass is 79.9. The normalized spacial score (nSPS) is 20.5. The van der Waals surface area contributed by atoms with Gasteiger partial charge in [0.05, 0.1) is 5.25 Å². The smallest absolute Gasteiger partial charge is 0.175 e. The van der Waals surface area contributed by atoms with Crippen molar-refractivity contribution in [2.45, 2.75) is 25.0 Å². The fraction of sp³-hybridized carbons (Fsp3) is 0.417. The molecule has 1 aliphatic rings. The van der Waals surface area contributed by atoms with Crippen LogP contribution in [0.25, 0.3) is 0 Å². The van der Waals surface area contributed by atoms with Gasteiger partial charge in [-0.25, -0.2) is 0 Å². The molecule has 0 aromatic heterocycles. The van der Waals surface area contributed by atoms with Gasteiger partial charge in [-0.05, 0) is 49.3 Å². The molecule has 2 rings (SSSR count). The Morgan fingerprint density at radius 1 is 1.47 bits per heavy atom. The van der Waals surface area contributed by atoms with Crippen molar-refractivity contribution >= 4 is 33.5 Å². The third-order valence-electron chi connectivity index (χ3n) is 2.55. The molecule has 15 heavy (non-hydrogen) atoms. The Balaban J connectivity index is 2.24. The number of thioether (sulfide) groups is 1. The van der Waals surface area contributed by atoms with Gasteiger partial charge in [0.1, 0.15) is 0 Å². The largest absolute Gasteiger partial charge is 0.293 e. The number of carbonyl (C=O) groups is 1. The fourth-order valence-corrected chi connectivity index (χ4v) is 3.70. The van der Waals surface area contributed by atoms with Crippen LogP contribution in [0.1, 0.15) is 28.8 Å². The Morgan fingerprint density at radius 3 is 2.87 bits per heavy atom. The molecule has 1 saturated heterocycles. The molecule has 1 heterocycles. The molecule has 0 radical (unpaired) electrons. The molecule has 0 saturated carbocycles. The first-order valence-corrected chi connectivity index (χ1v) is 6.94. The van der Waals surface area contributed by atoms with E-state index >= 15 is 0 Å². The predicted molar refractivity (Wildman–Crippen MR) is 68.7 cm³/mol. The van der Waals surface area contributed by atoms with Crippen LogP contribution in [0, 0.1) is 6.92 Å².